The van der Waals surface area contributed by atoms with Gasteiger partial charge in [0.05, 0.1) is 17.8 Å². The third kappa shape index (κ3) is 3.17. The second kappa shape index (κ2) is 5.48. The molecule has 19 heavy (non-hydrogen) atoms. The van der Waals surface area contributed by atoms with Gasteiger partial charge in [0.1, 0.15) is 10.8 Å². The van der Waals surface area contributed by atoms with Gasteiger partial charge >= 0.3 is 0 Å². The van der Waals surface area contributed by atoms with Gasteiger partial charge < -0.3 is 15.8 Å². The molecule has 0 atom stereocenters. The van der Waals surface area contributed by atoms with Gasteiger partial charge in [-0.2, -0.15) is 0 Å². The predicted molar refractivity (Wildman–Crippen MR) is 80.8 cm³/mol. The van der Waals surface area contributed by atoms with Crippen LogP contribution in [0.25, 0.3) is 0 Å². The molecule has 0 spiro atoms. The van der Waals surface area contributed by atoms with Crippen molar-refractivity contribution in [2.75, 3.05) is 17.7 Å². The fourth-order valence-corrected chi connectivity index (χ4v) is 2.56. The lowest BCUT2D eigenvalue weighted by Crippen LogP contribution is -2.27. The number of anilines is 2. The zero-order chi connectivity index (χ0) is 13.9. The van der Waals surface area contributed by atoms with Gasteiger partial charge in [-0.3, -0.25) is 0 Å². The van der Waals surface area contributed by atoms with Gasteiger partial charge in [0.25, 0.3) is 0 Å². The molecule has 1 heterocycles. The van der Waals surface area contributed by atoms with E-state index in [-0.39, 0.29) is 5.54 Å². The highest BCUT2D eigenvalue weighted by Gasteiger charge is 2.23. The van der Waals surface area contributed by atoms with E-state index in [4.69, 9.17) is 10.5 Å². The van der Waals surface area contributed by atoms with Gasteiger partial charge in [0, 0.05) is 23.3 Å². The summed E-state index contributed by atoms with van der Waals surface area (Å²) in [4.78, 5) is 4.36. The normalized spacial score (nSPS) is 11.3. The van der Waals surface area contributed by atoms with Crippen molar-refractivity contribution in [1.29, 1.82) is 0 Å². The van der Waals surface area contributed by atoms with E-state index in [1.807, 2.05) is 36.7 Å². The molecule has 1 aromatic carbocycles. The molecule has 0 unspecified atom stereocenters. The van der Waals surface area contributed by atoms with Gasteiger partial charge in [-0.1, -0.05) is 0 Å². The molecule has 3 N–H and O–H groups in total. The second-order valence-corrected chi connectivity index (χ2v) is 5.67. The SMILES string of the molecule is CCOc1cc(NC(C)(C)c2nccs2)ccc1N. The topological polar surface area (TPSA) is 60.2 Å². The Bertz CT molecular complexity index is 538. The number of hydrogen-bond acceptors (Lipinski definition) is 5. The Labute approximate surface area is 117 Å². The van der Waals surface area contributed by atoms with Crippen molar-refractivity contribution in [1.82, 2.24) is 4.98 Å². The summed E-state index contributed by atoms with van der Waals surface area (Å²) in [6.45, 7) is 6.74. The first-order valence-corrected chi connectivity index (χ1v) is 7.11. The highest BCUT2D eigenvalue weighted by Crippen LogP contribution is 2.31. The zero-order valence-corrected chi connectivity index (χ0v) is 12.3. The summed E-state index contributed by atoms with van der Waals surface area (Å²) < 4.78 is 5.50. The maximum atomic E-state index is 5.87. The van der Waals surface area contributed by atoms with Crippen molar-refractivity contribution >= 4 is 22.7 Å². The van der Waals surface area contributed by atoms with Crippen LogP contribution >= 0.6 is 11.3 Å². The number of aromatic nitrogens is 1. The summed E-state index contributed by atoms with van der Waals surface area (Å²) in [5.41, 5.74) is 7.26. The zero-order valence-electron chi connectivity index (χ0n) is 11.4. The van der Waals surface area contributed by atoms with Crippen LogP contribution in [0.5, 0.6) is 5.75 Å². The molecule has 0 aliphatic heterocycles. The molecule has 0 aliphatic rings. The average Bonchev–Trinajstić information content (AvgIpc) is 2.88. The molecule has 2 rings (SSSR count). The van der Waals surface area contributed by atoms with Crippen molar-refractivity contribution in [2.24, 2.45) is 0 Å². The van der Waals surface area contributed by atoms with Crippen LogP contribution in [0.1, 0.15) is 25.8 Å². The second-order valence-electron chi connectivity index (χ2n) is 4.77. The Balaban J connectivity index is 2.21. The van der Waals surface area contributed by atoms with E-state index >= 15 is 0 Å². The molecule has 5 heteroatoms. The van der Waals surface area contributed by atoms with E-state index in [9.17, 15) is 0 Å². The Morgan fingerprint density at radius 2 is 2.21 bits per heavy atom. The van der Waals surface area contributed by atoms with E-state index < -0.39 is 0 Å². The maximum Gasteiger partial charge on any atom is 0.144 e. The van der Waals surface area contributed by atoms with Crippen molar-refractivity contribution in [3.8, 4) is 5.75 Å². The third-order valence-corrected chi connectivity index (χ3v) is 3.83. The molecule has 0 bridgehead atoms. The number of nitrogen functional groups attached to an aromatic ring is 1. The molecule has 0 radical (unpaired) electrons. The first-order chi connectivity index (χ1) is 9.03. The van der Waals surface area contributed by atoms with Gasteiger partial charge in [0.2, 0.25) is 0 Å². The minimum absolute atomic E-state index is 0.228. The number of nitrogens with two attached hydrogens (primary N) is 1. The van der Waals surface area contributed by atoms with Gasteiger partial charge in [-0.05, 0) is 32.9 Å². The summed E-state index contributed by atoms with van der Waals surface area (Å²) in [6.07, 6.45) is 1.82. The molecule has 0 aliphatic carbocycles. The van der Waals surface area contributed by atoms with Gasteiger partial charge in [0.15, 0.2) is 0 Å². The van der Waals surface area contributed by atoms with Crippen LogP contribution in [-0.2, 0) is 5.54 Å². The third-order valence-electron chi connectivity index (χ3n) is 2.74. The number of nitrogens with one attached hydrogen (secondary N) is 1. The van der Waals surface area contributed by atoms with Crippen molar-refractivity contribution < 1.29 is 4.74 Å². The number of thiazole rings is 1. The smallest absolute Gasteiger partial charge is 0.144 e. The van der Waals surface area contributed by atoms with Crippen LogP contribution in [0.3, 0.4) is 0 Å². The van der Waals surface area contributed by atoms with Crippen molar-refractivity contribution in [3.05, 3.63) is 34.8 Å². The lowest BCUT2D eigenvalue weighted by molar-refractivity contribution is 0.342. The molecule has 4 nitrogen and oxygen atoms in total. The standard InChI is InChI=1S/C14H19N3OS/c1-4-18-12-9-10(5-6-11(12)15)17-14(2,3)13-16-7-8-19-13/h5-9,17H,4,15H2,1-3H3. The molecule has 0 fully saturated rings. The Kier molecular flexibility index (Phi) is 3.95. The molecule has 0 saturated carbocycles. The van der Waals surface area contributed by atoms with E-state index in [1.165, 1.54) is 0 Å². The summed E-state index contributed by atoms with van der Waals surface area (Å²) in [6, 6.07) is 5.73. The number of hydrogen-bond donors (Lipinski definition) is 2. The van der Waals surface area contributed by atoms with E-state index in [1.54, 1.807) is 11.3 Å². The minimum atomic E-state index is -0.228. The van der Waals surface area contributed by atoms with Crippen LogP contribution in [0.4, 0.5) is 11.4 Å². The lowest BCUT2D eigenvalue weighted by Gasteiger charge is -2.25. The van der Waals surface area contributed by atoms with Crippen LogP contribution in [-0.4, -0.2) is 11.6 Å². The summed E-state index contributed by atoms with van der Waals surface area (Å²) in [5.74, 6) is 0.711. The number of rotatable bonds is 5. The molecule has 0 amide bonds. The predicted octanol–water partition coefficient (Wildman–Crippen LogP) is 3.47. The molecule has 0 saturated heterocycles. The van der Waals surface area contributed by atoms with Crippen LogP contribution in [0, 0.1) is 0 Å². The monoisotopic (exact) mass is 277 g/mol. The van der Waals surface area contributed by atoms with Crippen molar-refractivity contribution in [3.63, 3.8) is 0 Å². The molecule has 1 aromatic heterocycles. The Morgan fingerprint density at radius 3 is 2.84 bits per heavy atom. The number of ether oxygens (including phenoxy) is 1. The van der Waals surface area contributed by atoms with Crippen LogP contribution in [0.2, 0.25) is 0 Å². The minimum Gasteiger partial charge on any atom is -0.492 e. The molecular weight excluding hydrogens is 258 g/mol. The highest BCUT2D eigenvalue weighted by molar-refractivity contribution is 7.09. The summed E-state index contributed by atoms with van der Waals surface area (Å²) in [5, 5.41) is 6.48. The summed E-state index contributed by atoms with van der Waals surface area (Å²) >= 11 is 1.64. The average molecular weight is 277 g/mol. The van der Waals surface area contributed by atoms with Gasteiger partial charge in [-0.25, -0.2) is 4.98 Å². The van der Waals surface area contributed by atoms with E-state index in [0.717, 1.165) is 10.7 Å². The molecular formula is C14H19N3OS. The van der Waals surface area contributed by atoms with E-state index in [0.29, 0.717) is 18.0 Å². The quantitative estimate of drug-likeness (QED) is 0.822. The highest BCUT2D eigenvalue weighted by atomic mass is 32.1. The number of benzene rings is 1. The van der Waals surface area contributed by atoms with Crippen molar-refractivity contribution in [2.45, 2.75) is 26.3 Å². The Hall–Kier alpha value is -1.75. The Morgan fingerprint density at radius 1 is 1.42 bits per heavy atom. The van der Waals surface area contributed by atoms with Gasteiger partial charge in [-0.15, -0.1) is 11.3 Å². The number of nitrogens with zero attached hydrogens (tertiary/aromatic N) is 1. The van der Waals surface area contributed by atoms with Crippen LogP contribution in [0.15, 0.2) is 29.8 Å². The molecule has 102 valence electrons. The fraction of sp³-hybridized carbons (Fsp3) is 0.357. The maximum absolute atomic E-state index is 5.87. The summed E-state index contributed by atoms with van der Waals surface area (Å²) in [7, 11) is 0. The van der Waals surface area contributed by atoms with Crippen LogP contribution < -0.4 is 15.8 Å². The molecule has 2 aromatic rings. The first kappa shape index (κ1) is 13.7. The van der Waals surface area contributed by atoms with E-state index in [2.05, 4.69) is 24.1 Å². The largest absolute Gasteiger partial charge is 0.492 e. The lowest BCUT2D eigenvalue weighted by atomic mass is 10.1. The first-order valence-electron chi connectivity index (χ1n) is 6.23. The fourth-order valence-electron chi connectivity index (χ4n) is 1.84.